The molecule has 1 heterocycles. The van der Waals surface area contributed by atoms with Gasteiger partial charge in [-0.2, -0.15) is 0 Å². The molecule has 0 saturated heterocycles. The summed E-state index contributed by atoms with van der Waals surface area (Å²) in [6, 6.07) is 7.43. The molecule has 0 fully saturated rings. The Morgan fingerprint density at radius 3 is 2.18 bits per heavy atom. The van der Waals surface area contributed by atoms with Crippen LogP contribution < -0.4 is 9.47 Å². The largest absolute Gasteiger partial charge is 0.432 e. The van der Waals surface area contributed by atoms with Crippen LogP contribution in [0, 0.1) is 0 Å². The number of nitrogens with zero attached hydrogens (tertiary/aromatic N) is 1. The molecular weight excluding hydrogens is 142 g/mol. The summed E-state index contributed by atoms with van der Waals surface area (Å²) in [5.41, 5.74) is 0. The number of para-hydroxylation sites is 2. The van der Waals surface area contributed by atoms with E-state index in [0.29, 0.717) is 0 Å². The normalized spacial score (nSPS) is 14.9. The lowest BCUT2D eigenvalue weighted by molar-refractivity contribution is 0.0595. The second-order valence-electron chi connectivity index (χ2n) is 2.17. The molecule has 1 aliphatic rings. The van der Waals surface area contributed by atoms with Crippen LogP contribution in [-0.2, 0) is 0 Å². The highest BCUT2D eigenvalue weighted by molar-refractivity contribution is 5.42. The Morgan fingerprint density at radius 1 is 1.18 bits per heavy atom. The average Bonchev–Trinajstić information content (AvgIpc) is 2.46. The predicted molar refractivity (Wildman–Crippen MR) is 41.0 cm³/mol. The van der Waals surface area contributed by atoms with Crippen molar-refractivity contribution in [2.45, 2.75) is 6.41 Å². The van der Waals surface area contributed by atoms with Crippen molar-refractivity contribution in [1.29, 1.82) is 0 Å². The molecule has 0 atom stereocenters. The van der Waals surface area contributed by atoms with E-state index in [4.69, 9.17) is 9.47 Å². The summed E-state index contributed by atoms with van der Waals surface area (Å²) in [5.74, 6) is 1.45. The quantitative estimate of drug-likeness (QED) is 0.565. The first-order chi connectivity index (χ1) is 5.40. The van der Waals surface area contributed by atoms with Gasteiger partial charge in [-0.15, -0.1) is 0 Å². The van der Waals surface area contributed by atoms with Crippen LogP contribution in [0.2, 0.25) is 0 Å². The summed E-state index contributed by atoms with van der Waals surface area (Å²) in [6.07, 6.45) is -0.563. The van der Waals surface area contributed by atoms with E-state index in [0.717, 1.165) is 11.5 Å². The zero-order valence-corrected chi connectivity index (χ0v) is 5.86. The van der Waals surface area contributed by atoms with Gasteiger partial charge in [0.05, 0.1) is 0 Å². The molecule has 3 nitrogen and oxygen atoms in total. The van der Waals surface area contributed by atoms with Crippen molar-refractivity contribution in [3.05, 3.63) is 24.3 Å². The molecule has 3 heteroatoms. The monoisotopic (exact) mass is 149 g/mol. The van der Waals surface area contributed by atoms with Crippen LogP contribution >= 0.6 is 0 Å². The van der Waals surface area contributed by atoms with Crippen molar-refractivity contribution in [3.63, 3.8) is 0 Å². The van der Waals surface area contributed by atoms with Crippen molar-refractivity contribution in [2.24, 2.45) is 4.99 Å². The first-order valence-electron chi connectivity index (χ1n) is 3.28. The highest BCUT2D eigenvalue weighted by Crippen LogP contribution is 2.33. The van der Waals surface area contributed by atoms with E-state index in [1.54, 1.807) is 0 Å². The Labute approximate surface area is 64.3 Å². The zero-order valence-electron chi connectivity index (χ0n) is 5.86. The SMILES string of the molecule is C=NC1Oc2ccccc2O1. The fourth-order valence-corrected chi connectivity index (χ4v) is 0.961. The molecule has 0 unspecified atom stereocenters. The maximum atomic E-state index is 5.20. The van der Waals surface area contributed by atoms with Gasteiger partial charge in [0.1, 0.15) is 0 Å². The third-order valence-electron chi connectivity index (χ3n) is 1.45. The Balaban J connectivity index is 2.33. The van der Waals surface area contributed by atoms with Crippen LogP contribution in [0.3, 0.4) is 0 Å². The van der Waals surface area contributed by atoms with Crippen molar-refractivity contribution in [2.75, 3.05) is 0 Å². The number of hydrogen-bond donors (Lipinski definition) is 0. The van der Waals surface area contributed by atoms with E-state index in [1.807, 2.05) is 24.3 Å². The van der Waals surface area contributed by atoms with Gasteiger partial charge in [-0.25, -0.2) is 4.99 Å². The lowest BCUT2D eigenvalue weighted by Gasteiger charge is -2.00. The lowest BCUT2D eigenvalue weighted by Crippen LogP contribution is -2.13. The molecule has 0 saturated carbocycles. The van der Waals surface area contributed by atoms with Gasteiger partial charge < -0.3 is 9.47 Å². The number of rotatable bonds is 1. The van der Waals surface area contributed by atoms with Gasteiger partial charge in [-0.1, -0.05) is 12.1 Å². The first kappa shape index (κ1) is 6.22. The zero-order chi connectivity index (χ0) is 7.68. The van der Waals surface area contributed by atoms with Gasteiger partial charge in [-0.3, -0.25) is 0 Å². The summed E-state index contributed by atoms with van der Waals surface area (Å²) in [5, 5.41) is 0. The molecule has 11 heavy (non-hydrogen) atoms. The van der Waals surface area contributed by atoms with Crippen LogP contribution in [0.25, 0.3) is 0 Å². The second-order valence-corrected chi connectivity index (χ2v) is 2.17. The predicted octanol–water partition coefficient (Wildman–Crippen LogP) is 1.44. The fourth-order valence-electron chi connectivity index (χ4n) is 0.961. The van der Waals surface area contributed by atoms with E-state index in [1.165, 1.54) is 0 Å². The summed E-state index contributed by atoms with van der Waals surface area (Å²) >= 11 is 0. The third kappa shape index (κ3) is 0.941. The van der Waals surface area contributed by atoms with Crippen molar-refractivity contribution < 1.29 is 9.47 Å². The first-order valence-corrected chi connectivity index (χ1v) is 3.28. The maximum Gasteiger partial charge on any atom is 0.344 e. The standard InChI is InChI=1S/C8H7NO2/c1-9-8-10-6-4-2-3-5-7(6)11-8/h2-5,8H,1H2. The van der Waals surface area contributed by atoms with E-state index in [2.05, 4.69) is 11.7 Å². The molecule has 1 aromatic rings. The van der Waals surface area contributed by atoms with Gasteiger partial charge >= 0.3 is 6.41 Å². The topological polar surface area (TPSA) is 30.8 Å². The highest BCUT2D eigenvalue weighted by atomic mass is 16.7. The summed E-state index contributed by atoms with van der Waals surface area (Å²) in [7, 11) is 0. The Morgan fingerprint density at radius 2 is 1.73 bits per heavy atom. The molecule has 0 radical (unpaired) electrons. The van der Waals surface area contributed by atoms with Gasteiger partial charge in [-0.05, 0) is 18.9 Å². The van der Waals surface area contributed by atoms with Crippen LogP contribution in [-0.4, -0.2) is 13.1 Å². The smallest absolute Gasteiger partial charge is 0.344 e. The van der Waals surface area contributed by atoms with Crippen LogP contribution in [0.5, 0.6) is 11.5 Å². The lowest BCUT2D eigenvalue weighted by atomic mass is 10.3. The van der Waals surface area contributed by atoms with Crippen LogP contribution in [0.4, 0.5) is 0 Å². The minimum atomic E-state index is -0.563. The Kier molecular flexibility index (Phi) is 1.28. The Bertz CT molecular complexity index is 260. The van der Waals surface area contributed by atoms with E-state index in [-0.39, 0.29) is 0 Å². The van der Waals surface area contributed by atoms with E-state index < -0.39 is 6.41 Å². The van der Waals surface area contributed by atoms with Crippen molar-refractivity contribution in [1.82, 2.24) is 0 Å². The molecule has 0 aromatic heterocycles. The van der Waals surface area contributed by atoms with Gasteiger partial charge in [0.25, 0.3) is 0 Å². The number of fused-ring (bicyclic) bond motifs is 1. The highest BCUT2D eigenvalue weighted by Gasteiger charge is 2.20. The molecule has 0 amide bonds. The molecule has 0 aliphatic carbocycles. The summed E-state index contributed by atoms with van der Waals surface area (Å²) in [4.78, 5) is 3.61. The molecule has 0 bridgehead atoms. The molecule has 0 spiro atoms. The third-order valence-corrected chi connectivity index (χ3v) is 1.45. The molecule has 2 rings (SSSR count). The maximum absolute atomic E-state index is 5.20. The number of aliphatic imine (C=N–C) groups is 1. The molecule has 56 valence electrons. The van der Waals surface area contributed by atoms with Gasteiger partial charge in [0.15, 0.2) is 11.5 Å². The van der Waals surface area contributed by atoms with Gasteiger partial charge in [0.2, 0.25) is 0 Å². The van der Waals surface area contributed by atoms with Crippen LogP contribution in [0.15, 0.2) is 29.3 Å². The molecule has 1 aliphatic heterocycles. The summed E-state index contributed by atoms with van der Waals surface area (Å²) in [6.45, 7) is 3.33. The molecule has 1 aromatic carbocycles. The number of ether oxygens (including phenoxy) is 2. The minimum Gasteiger partial charge on any atom is -0.432 e. The van der Waals surface area contributed by atoms with E-state index in [9.17, 15) is 0 Å². The molecule has 0 N–H and O–H groups in total. The fraction of sp³-hybridized carbons (Fsp3) is 0.125. The average molecular weight is 149 g/mol. The van der Waals surface area contributed by atoms with E-state index >= 15 is 0 Å². The van der Waals surface area contributed by atoms with Crippen LogP contribution in [0.1, 0.15) is 0 Å². The minimum absolute atomic E-state index is 0.563. The Hall–Kier alpha value is -1.51. The second kappa shape index (κ2) is 2.27. The number of hydrogen-bond acceptors (Lipinski definition) is 3. The van der Waals surface area contributed by atoms with Crippen molar-refractivity contribution in [3.8, 4) is 11.5 Å². The van der Waals surface area contributed by atoms with Gasteiger partial charge in [0, 0.05) is 0 Å². The molecular formula is C8H7NO2. The number of benzene rings is 1. The summed E-state index contributed by atoms with van der Waals surface area (Å²) < 4.78 is 10.4. The van der Waals surface area contributed by atoms with Crippen molar-refractivity contribution >= 4 is 6.72 Å².